The first kappa shape index (κ1) is 23.1. The minimum atomic E-state index is -3.61. The summed E-state index contributed by atoms with van der Waals surface area (Å²) in [6, 6.07) is 13.9. The van der Waals surface area contributed by atoms with Gasteiger partial charge in [-0.25, -0.2) is 8.42 Å². The fourth-order valence-corrected chi connectivity index (χ4v) is 5.11. The van der Waals surface area contributed by atoms with Crippen LogP contribution in [-0.4, -0.2) is 51.5 Å². The van der Waals surface area contributed by atoms with Crippen LogP contribution in [0.25, 0.3) is 0 Å². The van der Waals surface area contributed by atoms with Crippen LogP contribution >= 0.6 is 0 Å². The zero-order valence-corrected chi connectivity index (χ0v) is 19.0. The lowest BCUT2D eigenvalue weighted by atomic mass is 9.98. The topological polar surface area (TPSA) is 84.9 Å². The molecular formula is C23H30N2O5S. The number of amides is 1. The van der Waals surface area contributed by atoms with Crippen LogP contribution in [0.2, 0.25) is 0 Å². The number of nitrogens with one attached hydrogen (secondary N) is 1. The molecule has 1 N–H and O–H groups in total. The molecule has 0 spiro atoms. The maximum absolute atomic E-state index is 13.0. The van der Waals surface area contributed by atoms with Crippen LogP contribution in [0, 0.1) is 12.8 Å². The zero-order valence-electron chi connectivity index (χ0n) is 18.2. The highest BCUT2D eigenvalue weighted by Crippen LogP contribution is 2.26. The van der Waals surface area contributed by atoms with E-state index in [9.17, 15) is 13.2 Å². The predicted octanol–water partition coefficient (Wildman–Crippen LogP) is 2.99. The molecule has 0 unspecified atom stereocenters. The number of ether oxygens (including phenoxy) is 2. The third kappa shape index (κ3) is 5.77. The molecule has 0 aromatic heterocycles. The second-order valence-corrected chi connectivity index (χ2v) is 9.82. The number of carbonyl (C=O) groups is 1. The van der Waals surface area contributed by atoms with Crippen LogP contribution in [0.15, 0.2) is 53.4 Å². The Morgan fingerprint density at radius 1 is 1.16 bits per heavy atom. The molecule has 1 amide bonds. The Morgan fingerprint density at radius 2 is 1.84 bits per heavy atom. The normalized spacial score (nSPS) is 18.2. The van der Waals surface area contributed by atoms with Crippen LogP contribution in [0.5, 0.6) is 11.5 Å². The molecule has 1 heterocycles. The number of piperidine rings is 1. The largest absolute Gasteiger partial charge is 0.493 e. The van der Waals surface area contributed by atoms with Gasteiger partial charge >= 0.3 is 0 Å². The Balaban J connectivity index is 1.57. The molecule has 0 radical (unpaired) electrons. The molecule has 2 atom stereocenters. The molecule has 2 aromatic carbocycles. The van der Waals surface area contributed by atoms with Gasteiger partial charge in [-0.3, -0.25) is 4.79 Å². The molecule has 1 aliphatic heterocycles. The number of hydrogen-bond donors (Lipinski definition) is 1. The summed E-state index contributed by atoms with van der Waals surface area (Å²) in [5, 5.41) is 2.95. The van der Waals surface area contributed by atoms with Gasteiger partial charge in [0.15, 0.2) is 11.5 Å². The molecule has 2 aromatic rings. The Labute approximate surface area is 184 Å². The molecule has 168 valence electrons. The molecule has 31 heavy (non-hydrogen) atoms. The number of aryl methyl sites for hydroxylation is 1. The van der Waals surface area contributed by atoms with E-state index in [1.165, 1.54) is 4.31 Å². The third-order valence-corrected chi connectivity index (χ3v) is 7.24. The van der Waals surface area contributed by atoms with Crippen molar-refractivity contribution >= 4 is 15.9 Å². The van der Waals surface area contributed by atoms with E-state index in [2.05, 4.69) is 5.32 Å². The van der Waals surface area contributed by atoms with Gasteiger partial charge in [-0.05, 0) is 51.0 Å². The summed E-state index contributed by atoms with van der Waals surface area (Å²) in [6.07, 6.45) is 1.31. The van der Waals surface area contributed by atoms with Gasteiger partial charge < -0.3 is 14.8 Å². The molecule has 1 fully saturated rings. The van der Waals surface area contributed by atoms with E-state index in [1.807, 2.05) is 38.1 Å². The molecular weight excluding hydrogens is 416 g/mol. The Bertz CT molecular complexity index is 991. The van der Waals surface area contributed by atoms with Crippen molar-refractivity contribution in [3.63, 3.8) is 0 Å². The van der Waals surface area contributed by atoms with E-state index >= 15 is 0 Å². The summed E-state index contributed by atoms with van der Waals surface area (Å²) in [4.78, 5) is 13.0. The highest BCUT2D eigenvalue weighted by molar-refractivity contribution is 7.89. The predicted molar refractivity (Wildman–Crippen MR) is 119 cm³/mol. The third-order valence-electron chi connectivity index (χ3n) is 5.36. The van der Waals surface area contributed by atoms with Gasteiger partial charge in [0.25, 0.3) is 0 Å². The van der Waals surface area contributed by atoms with Crippen molar-refractivity contribution in [3.05, 3.63) is 54.1 Å². The number of rotatable bonds is 8. The fourth-order valence-electron chi connectivity index (χ4n) is 3.59. The first-order chi connectivity index (χ1) is 14.8. The molecule has 0 bridgehead atoms. The van der Waals surface area contributed by atoms with E-state index in [-0.39, 0.29) is 35.9 Å². The molecule has 7 nitrogen and oxygen atoms in total. The standard InChI is InChI=1S/C23H30N2O5S/c1-17-10-12-20(13-11-17)31(27,28)25-14-6-7-19(15-25)23(26)24-18(2)16-30-22-9-5-4-8-21(22)29-3/h4-5,8-13,18-19H,6-7,14-16H2,1-3H3,(H,24,26)/t18-,19+/m0/s1. The summed E-state index contributed by atoms with van der Waals surface area (Å²) >= 11 is 0. The lowest BCUT2D eigenvalue weighted by molar-refractivity contribution is -0.126. The van der Waals surface area contributed by atoms with Crippen molar-refractivity contribution in [1.82, 2.24) is 9.62 Å². The average Bonchev–Trinajstić information content (AvgIpc) is 2.78. The SMILES string of the molecule is COc1ccccc1OC[C@H](C)NC(=O)[C@@H]1CCCN(S(=O)(=O)c2ccc(C)cc2)C1. The van der Waals surface area contributed by atoms with Gasteiger partial charge in [0.1, 0.15) is 6.61 Å². The van der Waals surface area contributed by atoms with Crippen molar-refractivity contribution in [2.24, 2.45) is 5.92 Å². The van der Waals surface area contributed by atoms with Gasteiger partial charge in [-0.2, -0.15) is 4.31 Å². The highest BCUT2D eigenvalue weighted by Gasteiger charge is 2.33. The lowest BCUT2D eigenvalue weighted by Crippen LogP contribution is -2.48. The number of para-hydroxylation sites is 2. The number of sulfonamides is 1. The van der Waals surface area contributed by atoms with Crippen LogP contribution in [0.3, 0.4) is 0 Å². The number of hydrogen-bond acceptors (Lipinski definition) is 5. The summed E-state index contributed by atoms with van der Waals surface area (Å²) in [6.45, 7) is 4.66. The van der Waals surface area contributed by atoms with Crippen molar-refractivity contribution < 1.29 is 22.7 Å². The quantitative estimate of drug-likeness (QED) is 0.674. The first-order valence-electron chi connectivity index (χ1n) is 10.4. The van der Waals surface area contributed by atoms with Crippen molar-refractivity contribution in [2.75, 3.05) is 26.8 Å². The average molecular weight is 447 g/mol. The van der Waals surface area contributed by atoms with E-state index in [4.69, 9.17) is 9.47 Å². The monoisotopic (exact) mass is 446 g/mol. The second-order valence-electron chi connectivity index (χ2n) is 7.89. The van der Waals surface area contributed by atoms with Crippen LogP contribution in [0.4, 0.5) is 0 Å². The van der Waals surface area contributed by atoms with Crippen LogP contribution in [0.1, 0.15) is 25.3 Å². The number of nitrogens with zero attached hydrogens (tertiary/aromatic N) is 1. The van der Waals surface area contributed by atoms with E-state index in [0.29, 0.717) is 30.9 Å². The highest BCUT2D eigenvalue weighted by atomic mass is 32.2. The molecule has 1 aliphatic rings. The molecule has 0 saturated carbocycles. The lowest BCUT2D eigenvalue weighted by Gasteiger charge is -2.32. The summed E-state index contributed by atoms with van der Waals surface area (Å²) in [5.41, 5.74) is 0.999. The Morgan fingerprint density at radius 3 is 2.52 bits per heavy atom. The van der Waals surface area contributed by atoms with Crippen molar-refractivity contribution in [1.29, 1.82) is 0 Å². The molecule has 8 heteroatoms. The number of methoxy groups -OCH3 is 1. The summed E-state index contributed by atoms with van der Waals surface area (Å²) in [7, 11) is -2.04. The van der Waals surface area contributed by atoms with Gasteiger partial charge in [-0.1, -0.05) is 29.8 Å². The second kappa shape index (κ2) is 10.2. The number of carbonyl (C=O) groups excluding carboxylic acids is 1. The van der Waals surface area contributed by atoms with Gasteiger partial charge in [0.05, 0.1) is 24.0 Å². The maximum atomic E-state index is 13.0. The molecule has 1 saturated heterocycles. The van der Waals surface area contributed by atoms with Crippen molar-refractivity contribution in [3.8, 4) is 11.5 Å². The van der Waals surface area contributed by atoms with Gasteiger partial charge in [-0.15, -0.1) is 0 Å². The smallest absolute Gasteiger partial charge is 0.243 e. The van der Waals surface area contributed by atoms with Gasteiger partial charge in [0, 0.05) is 13.1 Å². The zero-order chi connectivity index (χ0) is 22.4. The van der Waals surface area contributed by atoms with Crippen LogP contribution < -0.4 is 14.8 Å². The van der Waals surface area contributed by atoms with E-state index < -0.39 is 10.0 Å². The summed E-state index contributed by atoms with van der Waals surface area (Å²) in [5.74, 6) is 0.701. The first-order valence-corrected chi connectivity index (χ1v) is 11.9. The fraction of sp³-hybridized carbons (Fsp3) is 0.435. The number of benzene rings is 2. The molecule has 0 aliphatic carbocycles. The van der Waals surface area contributed by atoms with E-state index in [0.717, 1.165) is 5.56 Å². The van der Waals surface area contributed by atoms with E-state index in [1.54, 1.807) is 31.4 Å². The maximum Gasteiger partial charge on any atom is 0.243 e. The summed E-state index contributed by atoms with van der Waals surface area (Å²) < 4.78 is 38.4. The molecule has 3 rings (SSSR count). The van der Waals surface area contributed by atoms with Gasteiger partial charge in [0.2, 0.25) is 15.9 Å². The Hall–Kier alpha value is -2.58. The minimum Gasteiger partial charge on any atom is -0.493 e. The van der Waals surface area contributed by atoms with Crippen LogP contribution in [-0.2, 0) is 14.8 Å². The minimum absolute atomic E-state index is 0.153. The van der Waals surface area contributed by atoms with Crippen molar-refractivity contribution in [2.45, 2.75) is 37.6 Å². The Kier molecular flexibility index (Phi) is 7.56.